The number of hydrogen-bond acceptors (Lipinski definition) is 2. The van der Waals surface area contributed by atoms with Gasteiger partial charge < -0.3 is 10.1 Å². The van der Waals surface area contributed by atoms with Gasteiger partial charge in [0.2, 0.25) is 0 Å². The number of rotatable bonds is 3. The molecule has 112 valence electrons. The first-order chi connectivity index (χ1) is 10.7. The summed E-state index contributed by atoms with van der Waals surface area (Å²) in [4.78, 5) is 12.4. The Labute approximate surface area is 130 Å². The van der Waals surface area contributed by atoms with Crippen LogP contribution >= 0.6 is 0 Å². The lowest BCUT2D eigenvalue weighted by molar-refractivity contribution is -0.113. The maximum absolute atomic E-state index is 12.4. The third kappa shape index (κ3) is 3.03. The van der Waals surface area contributed by atoms with Gasteiger partial charge in [-0.05, 0) is 49.2 Å². The number of amides is 1. The van der Waals surface area contributed by atoms with Crippen molar-refractivity contribution in [1.82, 2.24) is 0 Å². The summed E-state index contributed by atoms with van der Waals surface area (Å²) in [5.74, 6) is 0.714. The molecular formula is C19H19NO2. The van der Waals surface area contributed by atoms with Crippen molar-refractivity contribution in [3.63, 3.8) is 0 Å². The summed E-state index contributed by atoms with van der Waals surface area (Å²) in [6.07, 6.45) is 2.89. The quantitative estimate of drug-likeness (QED) is 0.930. The topological polar surface area (TPSA) is 38.3 Å². The van der Waals surface area contributed by atoms with E-state index in [1.165, 1.54) is 5.56 Å². The van der Waals surface area contributed by atoms with Gasteiger partial charge in [0.25, 0.3) is 5.91 Å². The van der Waals surface area contributed by atoms with Gasteiger partial charge in [0, 0.05) is 11.3 Å². The van der Waals surface area contributed by atoms with Gasteiger partial charge in [-0.3, -0.25) is 4.79 Å². The Kier molecular flexibility index (Phi) is 3.96. The third-order valence-corrected chi connectivity index (χ3v) is 3.79. The molecule has 2 aromatic carbocycles. The summed E-state index contributed by atoms with van der Waals surface area (Å²) in [6, 6.07) is 13.9. The molecule has 1 amide bonds. The van der Waals surface area contributed by atoms with Crippen LogP contribution in [0.5, 0.6) is 5.75 Å². The van der Waals surface area contributed by atoms with Gasteiger partial charge >= 0.3 is 0 Å². The molecule has 22 heavy (non-hydrogen) atoms. The molecule has 0 saturated carbocycles. The average molecular weight is 293 g/mol. The highest BCUT2D eigenvalue weighted by Crippen LogP contribution is 2.27. The Morgan fingerprint density at radius 2 is 1.95 bits per heavy atom. The van der Waals surface area contributed by atoms with Crippen molar-refractivity contribution in [2.75, 3.05) is 11.9 Å². The molecule has 1 aliphatic rings. The Bertz CT molecular complexity index is 730. The zero-order valence-corrected chi connectivity index (χ0v) is 12.8. The van der Waals surface area contributed by atoms with Crippen LogP contribution in [0.25, 0.3) is 6.08 Å². The van der Waals surface area contributed by atoms with Crippen molar-refractivity contribution in [3.8, 4) is 5.75 Å². The predicted molar refractivity (Wildman–Crippen MR) is 89.1 cm³/mol. The van der Waals surface area contributed by atoms with E-state index in [1.54, 1.807) is 0 Å². The van der Waals surface area contributed by atoms with E-state index in [-0.39, 0.29) is 5.91 Å². The van der Waals surface area contributed by atoms with E-state index in [0.29, 0.717) is 12.2 Å². The molecule has 0 fully saturated rings. The van der Waals surface area contributed by atoms with Crippen LogP contribution in [0.3, 0.4) is 0 Å². The van der Waals surface area contributed by atoms with E-state index < -0.39 is 0 Å². The molecule has 0 spiro atoms. The summed E-state index contributed by atoms with van der Waals surface area (Å²) in [5, 5.41) is 2.92. The molecule has 3 heteroatoms. The van der Waals surface area contributed by atoms with Crippen LogP contribution in [-0.2, 0) is 11.2 Å². The molecule has 0 aliphatic carbocycles. The van der Waals surface area contributed by atoms with E-state index in [1.807, 2.05) is 55.5 Å². The minimum Gasteiger partial charge on any atom is -0.488 e. The molecule has 1 N–H and O–H groups in total. The van der Waals surface area contributed by atoms with Crippen LogP contribution < -0.4 is 10.1 Å². The minimum absolute atomic E-state index is 0.114. The highest BCUT2D eigenvalue weighted by atomic mass is 16.5. The molecule has 3 rings (SSSR count). The molecule has 0 radical (unpaired) electrons. The first-order valence-electron chi connectivity index (χ1n) is 7.50. The molecule has 0 saturated heterocycles. The fourth-order valence-electron chi connectivity index (χ4n) is 2.46. The Morgan fingerprint density at radius 1 is 1.18 bits per heavy atom. The van der Waals surface area contributed by atoms with Crippen LogP contribution in [0.1, 0.15) is 23.6 Å². The van der Waals surface area contributed by atoms with Gasteiger partial charge in [0.15, 0.2) is 0 Å². The lowest BCUT2D eigenvalue weighted by Gasteiger charge is -2.18. The first-order valence-corrected chi connectivity index (χ1v) is 7.50. The summed E-state index contributed by atoms with van der Waals surface area (Å²) in [7, 11) is 0. The number of fused-ring (bicyclic) bond motifs is 1. The van der Waals surface area contributed by atoms with E-state index >= 15 is 0 Å². The minimum atomic E-state index is -0.114. The normalized spacial score (nSPS) is 12.9. The number of aryl methyl sites for hydroxylation is 2. The second-order valence-corrected chi connectivity index (χ2v) is 5.50. The number of anilines is 1. The molecule has 0 atom stereocenters. The standard InChI is InChI=1S/C19H19NO2/c1-3-14-5-7-17(8-6-14)20-19(21)16-11-15-10-13(2)4-9-18(15)22-12-16/h4-11H,3,12H2,1-2H3,(H,20,21). The third-order valence-electron chi connectivity index (χ3n) is 3.79. The highest BCUT2D eigenvalue weighted by Gasteiger charge is 2.17. The van der Waals surface area contributed by atoms with Crippen LogP contribution in [0.15, 0.2) is 48.0 Å². The fraction of sp³-hybridized carbons (Fsp3) is 0.211. The van der Waals surface area contributed by atoms with E-state index in [4.69, 9.17) is 4.74 Å². The van der Waals surface area contributed by atoms with E-state index in [9.17, 15) is 4.79 Å². The van der Waals surface area contributed by atoms with Crippen LogP contribution in [0, 0.1) is 6.92 Å². The maximum atomic E-state index is 12.4. The molecule has 1 heterocycles. The van der Waals surface area contributed by atoms with Gasteiger partial charge in [-0.1, -0.05) is 30.7 Å². The number of carbonyl (C=O) groups is 1. The Hall–Kier alpha value is -2.55. The molecule has 2 aromatic rings. The monoisotopic (exact) mass is 293 g/mol. The van der Waals surface area contributed by atoms with Gasteiger partial charge in [0.05, 0.1) is 5.57 Å². The zero-order chi connectivity index (χ0) is 15.5. The number of nitrogens with one attached hydrogen (secondary N) is 1. The first kappa shape index (κ1) is 14.4. The molecule has 1 aliphatic heterocycles. The molecular weight excluding hydrogens is 274 g/mol. The van der Waals surface area contributed by atoms with Crippen molar-refractivity contribution in [3.05, 3.63) is 64.7 Å². The van der Waals surface area contributed by atoms with Crippen molar-refractivity contribution in [2.24, 2.45) is 0 Å². The Morgan fingerprint density at radius 3 is 2.68 bits per heavy atom. The van der Waals surface area contributed by atoms with Crippen LogP contribution in [-0.4, -0.2) is 12.5 Å². The Balaban J connectivity index is 1.77. The second kappa shape index (κ2) is 6.06. The van der Waals surface area contributed by atoms with Crippen molar-refractivity contribution in [1.29, 1.82) is 0 Å². The summed E-state index contributed by atoms with van der Waals surface area (Å²) >= 11 is 0. The van der Waals surface area contributed by atoms with Crippen molar-refractivity contribution < 1.29 is 9.53 Å². The zero-order valence-electron chi connectivity index (χ0n) is 12.8. The summed E-state index contributed by atoms with van der Waals surface area (Å²) in [5.41, 5.74) is 4.80. The van der Waals surface area contributed by atoms with Crippen molar-refractivity contribution in [2.45, 2.75) is 20.3 Å². The second-order valence-electron chi connectivity index (χ2n) is 5.50. The fourth-order valence-corrected chi connectivity index (χ4v) is 2.46. The van der Waals surface area contributed by atoms with E-state index in [2.05, 4.69) is 12.2 Å². The van der Waals surface area contributed by atoms with Gasteiger partial charge in [-0.25, -0.2) is 0 Å². The van der Waals surface area contributed by atoms with Crippen molar-refractivity contribution >= 4 is 17.7 Å². The number of hydrogen-bond donors (Lipinski definition) is 1. The smallest absolute Gasteiger partial charge is 0.255 e. The van der Waals surface area contributed by atoms with Gasteiger partial charge in [-0.15, -0.1) is 0 Å². The average Bonchev–Trinajstić information content (AvgIpc) is 2.54. The lowest BCUT2D eigenvalue weighted by atomic mass is 10.0. The van der Waals surface area contributed by atoms with Crippen LogP contribution in [0.4, 0.5) is 5.69 Å². The number of carbonyl (C=O) groups excluding carboxylic acids is 1. The molecule has 0 bridgehead atoms. The highest BCUT2D eigenvalue weighted by molar-refractivity contribution is 6.07. The van der Waals surface area contributed by atoms with E-state index in [0.717, 1.165) is 29.0 Å². The van der Waals surface area contributed by atoms with Gasteiger partial charge in [-0.2, -0.15) is 0 Å². The summed E-state index contributed by atoms with van der Waals surface area (Å²) < 4.78 is 5.66. The number of benzene rings is 2. The van der Waals surface area contributed by atoms with Crippen LogP contribution in [0.2, 0.25) is 0 Å². The SMILES string of the molecule is CCc1ccc(NC(=O)C2=Cc3cc(C)ccc3OC2)cc1. The van der Waals surface area contributed by atoms with Gasteiger partial charge in [0.1, 0.15) is 12.4 Å². The molecule has 0 aromatic heterocycles. The predicted octanol–water partition coefficient (Wildman–Crippen LogP) is 3.97. The number of ether oxygens (including phenoxy) is 1. The maximum Gasteiger partial charge on any atom is 0.255 e. The molecule has 3 nitrogen and oxygen atoms in total. The largest absolute Gasteiger partial charge is 0.488 e. The summed E-state index contributed by atoms with van der Waals surface area (Å²) in [6.45, 7) is 4.43. The molecule has 0 unspecified atom stereocenters. The lowest BCUT2D eigenvalue weighted by Crippen LogP contribution is -2.21.